The molecule has 0 aromatic heterocycles. The largest absolute Gasteiger partial charge is 0.493 e. The number of hydrogen-bond acceptors (Lipinski definition) is 4. The number of rotatable bonds is 6. The van der Waals surface area contributed by atoms with Gasteiger partial charge in [0.25, 0.3) is 0 Å². The Morgan fingerprint density at radius 1 is 1.31 bits per heavy atom. The number of hydrogen-bond donors (Lipinski definition) is 1. The van der Waals surface area contributed by atoms with E-state index < -0.39 is 0 Å². The molecular weight excluding hydrogens is 328 g/mol. The molecule has 1 N–H and O–H groups in total. The van der Waals surface area contributed by atoms with Crippen molar-refractivity contribution in [3.8, 4) is 11.5 Å². The molecule has 0 radical (unpaired) electrons. The first-order valence-electron chi connectivity index (χ1n) is 9.34. The highest BCUT2D eigenvalue weighted by Crippen LogP contribution is 2.31. The molecule has 1 aliphatic rings. The Balaban J connectivity index is 2.10. The normalized spacial score (nSPS) is 19.4. The number of guanidine groups is 1. The molecule has 26 heavy (non-hydrogen) atoms. The van der Waals surface area contributed by atoms with Crippen molar-refractivity contribution in [3.63, 3.8) is 0 Å². The van der Waals surface area contributed by atoms with E-state index in [4.69, 9.17) is 9.47 Å². The Labute approximate surface area is 158 Å². The molecular formula is C20H34N4O2. The van der Waals surface area contributed by atoms with Crippen LogP contribution in [0.5, 0.6) is 11.5 Å². The molecule has 1 heterocycles. The number of nitrogens with one attached hydrogen (secondary N) is 1. The fourth-order valence-electron chi connectivity index (χ4n) is 3.56. The molecule has 2 rings (SSSR count). The zero-order valence-corrected chi connectivity index (χ0v) is 17.1. The van der Waals surface area contributed by atoms with Gasteiger partial charge in [0.1, 0.15) is 0 Å². The van der Waals surface area contributed by atoms with Crippen LogP contribution in [0.4, 0.5) is 0 Å². The molecule has 1 aliphatic heterocycles. The lowest BCUT2D eigenvalue weighted by Gasteiger charge is -2.35. The molecule has 2 unspecified atom stereocenters. The molecule has 0 spiro atoms. The minimum atomic E-state index is 0.203. The van der Waals surface area contributed by atoms with Crippen LogP contribution >= 0.6 is 0 Å². The zero-order chi connectivity index (χ0) is 19.1. The Bertz CT molecular complexity index is 603. The second kappa shape index (κ2) is 9.67. The van der Waals surface area contributed by atoms with Gasteiger partial charge in [0.05, 0.1) is 20.3 Å². The summed E-state index contributed by atoms with van der Waals surface area (Å²) in [4.78, 5) is 9.08. The number of likely N-dealkylation sites (N-methyl/N-ethyl adjacent to an activating group) is 1. The molecule has 0 bridgehead atoms. The van der Waals surface area contributed by atoms with Crippen LogP contribution in [0.2, 0.25) is 0 Å². The van der Waals surface area contributed by atoms with Gasteiger partial charge in [-0.25, -0.2) is 0 Å². The maximum atomic E-state index is 5.46. The van der Waals surface area contributed by atoms with Gasteiger partial charge < -0.3 is 24.6 Å². The molecule has 146 valence electrons. The van der Waals surface area contributed by atoms with Gasteiger partial charge in [0, 0.05) is 26.7 Å². The highest BCUT2D eigenvalue weighted by molar-refractivity contribution is 5.80. The second-order valence-electron chi connectivity index (χ2n) is 7.22. The molecule has 0 aliphatic carbocycles. The Kier molecular flexibility index (Phi) is 7.57. The van der Waals surface area contributed by atoms with Crippen molar-refractivity contribution in [1.82, 2.24) is 15.1 Å². The van der Waals surface area contributed by atoms with Gasteiger partial charge in [-0.05, 0) is 50.6 Å². The van der Waals surface area contributed by atoms with E-state index in [1.165, 1.54) is 18.4 Å². The highest BCUT2D eigenvalue weighted by Gasteiger charge is 2.21. The summed E-state index contributed by atoms with van der Waals surface area (Å²) in [6, 6.07) is 6.32. The standard InChI is InChI=1S/C20H34N4O2/c1-15-8-7-11-24(14-15)20(21-2)22-13-17(23(3)4)16-9-10-18(25-5)19(12-16)26-6/h9-10,12,15,17H,7-8,11,13-14H2,1-6H3,(H,21,22). The van der Waals surface area contributed by atoms with Crippen LogP contribution < -0.4 is 14.8 Å². The molecule has 1 saturated heterocycles. The van der Waals surface area contributed by atoms with Gasteiger partial charge >= 0.3 is 0 Å². The maximum absolute atomic E-state index is 5.46. The zero-order valence-electron chi connectivity index (χ0n) is 17.1. The minimum Gasteiger partial charge on any atom is -0.493 e. The van der Waals surface area contributed by atoms with E-state index in [0.29, 0.717) is 0 Å². The summed E-state index contributed by atoms with van der Waals surface area (Å²) in [6.45, 7) is 5.24. The van der Waals surface area contributed by atoms with Crippen LogP contribution in [0.3, 0.4) is 0 Å². The Morgan fingerprint density at radius 2 is 2.04 bits per heavy atom. The summed E-state index contributed by atoms with van der Waals surface area (Å²) >= 11 is 0. The van der Waals surface area contributed by atoms with Crippen LogP contribution in [0.15, 0.2) is 23.2 Å². The lowest BCUT2D eigenvalue weighted by Crippen LogP contribution is -2.48. The van der Waals surface area contributed by atoms with Gasteiger partial charge in [-0.2, -0.15) is 0 Å². The third-order valence-electron chi connectivity index (χ3n) is 5.04. The monoisotopic (exact) mass is 362 g/mol. The van der Waals surface area contributed by atoms with Gasteiger partial charge in [0.15, 0.2) is 17.5 Å². The van der Waals surface area contributed by atoms with Crippen molar-refractivity contribution < 1.29 is 9.47 Å². The van der Waals surface area contributed by atoms with Gasteiger partial charge in [-0.3, -0.25) is 4.99 Å². The van der Waals surface area contributed by atoms with Crippen LogP contribution in [0, 0.1) is 5.92 Å². The SMILES string of the molecule is CN=C(NCC(c1ccc(OC)c(OC)c1)N(C)C)N1CCCC(C)C1. The van der Waals surface area contributed by atoms with E-state index >= 15 is 0 Å². The van der Waals surface area contributed by atoms with Gasteiger partial charge in [-0.1, -0.05) is 13.0 Å². The molecule has 2 atom stereocenters. The predicted octanol–water partition coefficient (Wildman–Crippen LogP) is 2.61. The van der Waals surface area contributed by atoms with Gasteiger partial charge in [0.2, 0.25) is 0 Å². The van der Waals surface area contributed by atoms with Crippen molar-refractivity contribution >= 4 is 5.96 Å². The summed E-state index contributed by atoms with van der Waals surface area (Å²) in [7, 11) is 9.38. The topological polar surface area (TPSA) is 49.3 Å². The Hall–Kier alpha value is -1.95. The Morgan fingerprint density at radius 3 is 2.62 bits per heavy atom. The van der Waals surface area contributed by atoms with Gasteiger partial charge in [-0.15, -0.1) is 0 Å². The van der Waals surface area contributed by atoms with E-state index in [-0.39, 0.29) is 6.04 Å². The number of likely N-dealkylation sites (tertiary alicyclic amines) is 1. The molecule has 6 nitrogen and oxygen atoms in total. The van der Waals surface area contributed by atoms with Crippen LogP contribution in [0.1, 0.15) is 31.4 Å². The number of benzene rings is 1. The van der Waals surface area contributed by atoms with Crippen LogP contribution in [-0.2, 0) is 0 Å². The minimum absolute atomic E-state index is 0.203. The summed E-state index contributed by atoms with van der Waals surface area (Å²) in [5.74, 6) is 3.22. The third kappa shape index (κ3) is 5.04. The first-order chi connectivity index (χ1) is 12.5. The fraction of sp³-hybridized carbons (Fsp3) is 0.650. The van der Waals surface area contributed by atoms with Crippen molar-refractivity contribution in [2.75, 3.05) is 55.0 Å². The molecule has 6 heteroatoms. The molecule has 0 saturated carbocycles. The molecule has 1 aromatic carbocycles. The number of aliphatic imine (C=N–C) groups is 1. The summed E-state index contributed by atoms with van der Waals surface area (Å²) in [5, 5.41) is 3.57. The number of ether oxygens (including phenoxy) is 2. The van der Waals surface area contributed by atoms with E-state index in [1.54, 1.807) is 14.2 Å². The third-order valence-corrected chi connectivity index (χ3v) is 5.04. The van der Waals surface area contributed by atoms with E-state index in [2.05, 4.69) is 53.3 Å². The number of nitrogens with zero attached hydrogens (tertiary/aromatic N) is 3. The average Bonchev–Trinajstić information content (AvgIpc) is 2.64. The quantitative estimate of drug-likeness (QED) is 0.623. The number of piperidine rings is 1. The maximum Gasteiger partial charge on any atom is 0.193 e. The smallest absolute Gasteiger partial charge is 0.193 e. The number of methoxy groups -OCH3 is 2. The second-order valence-corrected chi connectivity index (χ2v) is 7.22. The van der Waals surface area contributed by atoms with Crippen LogP contribution in [0.25, 0.3) is 0 Å². The summed E-state index contributed by atoms with van der Waals surface area (Å²) < 4.78 is 10.8. The fourth-order valence-corrected chi connectivity index (χ4v) is 3.56. The van der Waals surface area contributed by atoms with E-state index in [1.807, 2.05) is 13.1 Å². The summed E-state index contributed by atoms with van der Waals surface area (Å²) in [6.07, 6.45) is 2.54. The first-order valence-corrected chi connectivity index (χ1v) is 9.34. The van der Waals surface area contributed by atoms with Crippen molar-refractivity contribution in [3.05, 3.63) is 23.8 Å². The lowest BCUT2D eigenvalue weighted by atomic mass is 10.0. The highest BCUT2D eigenvalue weighted by atomic mass is 16.5. The molecule has 1 fully saturated rings. The summed E-state index contributed by atoms with van der Waals surface area (Å²) in [5.41, 5.74) is 1.18. The van der Waals surface area contributed by atoms with Crippen LogP contribution in [-0.4, -0.2) is 70.8 Å². The lowest BCUT2D eigenvalue weighted by molar-refractivity contribution is 0.257. The van der Waals surface area contributed by atoms with E-state index in [0.717, 1.165) is 43.0 Å². The first kappa shape index (κ1) is 20.4. The molecule has 0 amide bonds. The van der Waals surface area contributed by atoms with Crippen molar-refractivity contribution in [2.24, 2.45) is 10.9 Å². The average molecular weight is 363 g/mol. The molecule has 1 aromatic rings. The van der Waals surface area contributed by atoms with Crippen molar-refractivity contribution in [2.45, 2.75) is 25.8 Å². The van der Waals surface area contributed by atoms with Crippen molar-refractivity contribution in [1.29, 1.82) is 0 Å². The van der Waals surface area contributed by atoms with E-state index in [9.17, 15) is 0 Å². The predicted molar refractivity (Wildman–Crippen MR) is 107 cm³/mol.